The zero-order chi connectivity index (χ0) is 11.8. The van der Waals surface area contributed by atoms with E-state index in [0.29, 0.717) is 5.92 Å². The minimum absolute atomic E-state index is 0.0517. The van der Waals surface area contributed by atoms with Gasteiger partial charge in [-0.25, -0.2) is 0 Å². The summed E-state index contributed by atoms with van der Waals surface area (Å²) in [6.07, 6.45) is 2.17. The van der Waals surface area contributed by atoms with E-state index in [-0.39, 0.29) is 6.10 Å². The third-order valence-corrected chi connectivity index (χ3v) is 5.02. The molecule has 0 amide bonds. The van der Waals surface area contributed by atoms with Crippen LogP contribution in [0.5, 0.6) is 0 Å². The summed E-state index contributed by atoms with van der Waals surface area (Å²) in [6.45, 7) is 3.22. The molecule has 2 fully saturated rings. The Labute approximate surface area is 111 Å². The van der Waals surface area contributed by atoms with Gasteiger partial charge in [-0.2, -0.15) is 0 Å². The maximum atomic E-state index is 9.90. The Balaban J connectivity index is 1.67. The van der Waals surface area contributed by atoms with Crippen molar-refractivity contribution < 1.29 is 5.11 Å². The molecule has 2 aliphatic rings. The van der Waals surface area contributed by atoms with Crippen molar-refractivity contribution in [2.24, 2.45) is 11.8 Å². The number of aliphatic hydroxyl groups is 1. The van der Waals surface area contributed by atoms with Crippen LogP contribution in [0.2, 0.25) is 0 Å². The van der Waals surface area contributed by atoms with Crippen molar-refractivity contribution in [2.45, 2.75) is 25.5 Å². The Morgan fingerprint density at radius 1 is 1.24 bits per heavy atom. The SMILES string of the molecule is OC1CCC2CN(Cc3ccccc3Br)CC12. The summed E-state index contributed by atoms with van der Waals surface area (Å²) in [5.74, 6) is 1.25. The van der Waals surface area contributed by atoms with E-state index in [0.717, 1.165) is 32.0 Å². The molecule has 17 heavy (non-hydrogen) atoms. The minimum Gasteiger partial charge on any atom is -0.393 e. The van der Waals surface area contributed by atoms with Gasteiger partial charge in [-0.05, 0) is 30.4 Å². The number of fused-ring (bicyclic) bond motifs is 1. The summed E-state index contributed by atoms with van der Waals surface area (Å²) in [6, 6.07) is 8.41. The molecule has 1 aromatic carbocycles. The Morgan fingerprint density at radius 3 is 2.82 bits per heavy atom. The van der Waals surface area contributed by atoms with Crippen molar-refractivity contribution in [3.8, 4) is 0 Å². The number of likely N-dealkylation sites (tertiary alicyclic amines) is 1. The fraction of sp³-hybridized carbons (Fsp3) is 0.571. The number of hydrogen-bond acceptors (Lipinski definition) is 2. The van der Waals surface area contributed by atoms with E-state index in [1.165, 1.54) is 16.5 Å². The summed E-state index contributed by atoms with van der Waals surface area (Å²) in [7, 11) is 0. The van der Waals surface area contributed by atoms with Gasteiger partial charge in [0.05, 0.1) is 6.10 Å². The highest BCUT2D eigenvalue weighted by molar-refractivity contribution is 9.10. The number of halogens is 1. The Morgan fingerprint density at radius 2 is 2.06 bits per heavy atom. The highest BCUT2D eigenvalue weighted by atomic mass is 79.9. The highest BCUT2D eigenvalue weighted by Gasteiger charge is 2.41. The van der Waals surface area contributed by atoms with Gasteiger partial charge in [0.25, 0.3) is 0 Å². The van der Waals surface area contributed by atoms with Crippen LogP contribution in [0, 0.1) is 11.8 Å². The third-order valence-electron chi connectivity index (χ3n) is 4.25. The number of aliphatic hydroxyl groups excluding tert-OH is 1. The molecule has 1 saturated heterocycles. The number of nitrogens with zero attached hydrogens (tertiary/aromatic N) is 1. The molecule has 0 radical (unpaired) electrons. The Hall–Kier alpha value is -0.380. The predicted molar refractivity (Wildman–Crippen MR) is 71.6 cm³/mol. The van der Waals surface area contributed by atoms with Crippen LogP contribution in [0.25, 0.3) is 0 Å². The van der Waals surface area contributed by atoms with Gasteiger partial charge in [0.1, 0.15) is 0 Å². The molecule has 1 heterocycles. The van der Waals surface area contributed by atoms with E-state index in [1.807, 2.05) is 0 Å². The average molecular weight is 296 g/mol. The fourth-order valence-corrected chi connectivity index (χ4v) is 3.74. The van der Waals surface area contributed by atoms with Gasteiger partial charge in [-0.3, -0.25) is 4.90 Å². The first-order valence-electron chi connectivity index (χ1n) is 6.38. The van der Waals surface area contributed by atoms with E-state index in [2.05, 4.69) is 45.1 Å². The lowest BCUT2D eigenvalue weighted by atomic mass is 10.00. The van der Waals surface area contributed by atoms with Gasteiger partial charge in [0.15, 0.2) is 0 Å². The maximum absolute atomic E-state index is 9.90. The molecule has 1 N–H and O–H groups in total. The molecule has 3 atom stereocenters. The third kappa shape index (κ3) is 2.28. The van der Waals surface area contributed by atoms with Gasteiger partial charge >= 0.3 is 0 Å². The lowest BCUT2D eigenvalue weighted by Gasteiger charge is -2.18. The van der Waals surface area contributed by atoms with Crippen molar-refractivity contribution in [2.75, 3.05) is 13.1 Å². The van der Waals surface area contributed by atoms with Crippen molar-refractivity contribution >= 4 is 15.9 Å². The number of rotatable bonds is 2. The van der Waals surface area contributed by atoms with E-state index < -0.39 is 0 Å². The van der Waals surface area contributed by atoms with Gasteiger partial charge in [-0.1, -0.05) is 34.1 Å². The van der Waals surface area contributed by atoms with Crippen LogP contribution in [0.1, 0.15) is 18.4 Å². The molecule has 3 unspecified atom stereocenters. The molecule has 0 aromatic heterocycles. The Kier molecular flexibility index (Phi) is 3.24. The second-order valence-electron chi connectivity index (χ2n) is 5.35. The second-order valence-corrected chi connectivity index (χ2v) is 6.21. The summed E-state index contributed by atoms with van der Waals surface area (Å²) in [5.41, 5.74) is 1.35. The first-order chi connectivity index (χ1) is 8.24. The zero-order valence-electron chi connectivity index (χ0n) is 9.85. The normalized spacial score (nSPS) is 32.9. The zero-order valence-corrected chi connectivity index (χ0v) is 11.4. The van der Waals surface area contributed by atoms with Crippen LogP contribution in [-0.4, -0.2) is 29.2 Å². The number of hydrogen-bond donors (Lipinski definition) is 1. The van der Waals surface area contributed by atoms with Gasteiger partial charge in [-0.15, -0.1) is 0 Å². The molecule has 0 bridgehead atoms. The van der Waals surface area contributed by atoms with Crippen LogP contribution in [-0.2, 0) is 6.54 Å². The van der Waals surface area contributed by atoms with Gasteiger partial charge < -0.3 is 5.11 Å². The topological polar surface area (TPSA) is 23.5 Å². The van der Waals surface area contributed by atoms with Crippen molar-refractivity contribution in [3.05, 3.63) is 34.3 Å². The quantitative estimate of drug-likeness (QED) is 0.907. The second kappa shape index (κ2) is 4.71. The van der Waals surface area contributed by atoms with E-state index in [1.54, 1.807) is 0 Å². The van der Waals surface area contributed by atoms with Crippen molar-refractivity contribution in [1.29, 1.82) is 0 Å². The molecule has 1 saturated carbocycles. The fourth-order valence-electron chi connectivity index (χ4n) is 3.33. The first kappa shape index (κ1) is 11.7. The molecular weight excluding hydrogens is 278 g/mol. The highest BCUT2D eigenvalue weighted by Crippen LogP contribution is 2.38. The van der Waals surface area contributed by atoms with Crippen LogP contribution in [0.3, 0.4) is 0 Å². The average Bonchev–Trinajstić information content (AvgIpc) is 2.85. The molecule has 92 valence electrons. The number of benzene rings is 1. The van der Waals surface area contributed by atoms with Crippen LogP contribution < -0.4 is 0 Å². The smallest absolute Gasteiger partial charge is 0.0583 e. The first-order valence-corrected chi connectivity index (χ1v) is 7.17. The Bertz CT molecular complexity index is 409. The molecule has 1 aromatic rings. The van der Waals surface area contributed by atoms with Crippen LogP contribution in [0.15, 0.2) is 28.7 Å². The predicted octanol–water partition coefficient (Wildman–Crippen LogP) is 2.65. The summed E-state index contributed by atoms with van der Waals surface area (Å²) >= 11 is 3.60. The van der Waals surface area contributed by atoms with E-state index in [9.17, 15) is 5.11 Å². The summed E-state index contributed by atoms with van der Waals surface area (Å²) in [4.78, 5) is 2.48. The molecule has 2 nitrogen and oxygen atoms in total. The van der Waals surface area contributed by atoms with Gasteiger partial charge in [0.2, 0.25) is 0 Å². The summed E-state index contributed by atoms with van der Waals surface area (Å²) in [5, 5.41) is 9.90. The van der Waals surface area contributed by atoms with Gasteiger partial charge in [0, 0.05) is 30.0 Å². The summed E-state index contributed by atoms with van der Waals surface area (Å²) < 4.78 is 1.19. The van der Waals surface area contributed by atoms with Crippen LogP contribution >= 0.6 is 15.9 Å². The van der Waals surface area contributed by atoms with Crippen LogP contribution in [0.4, 0.5) is 0 Å². The molecule has 3 rings (SSSR count). The lowest BCUT2D eigenvalue weighted by Crippen LogP contribution is -2.24. The standard InChI is InChI=1S/C14H18BrNO/c15-13-4-2-1-3-11(13)8-16-7-10-5-6-14(17)12(10)9-16/h1-4,10,12,14,17H,5-9H2. The van der Waals surface area contributed by atoms with Crippen molar-refractivity contribution in [1.82, 2.24) is 4.90 Å². The lowest BCUT2D eigenvalue weighted by molar-refractivity contribution is 0.123. The molecular formula is C14H18BrNO. The minimum atomic E-state index is -0.0517. The molecule has 1 aliphatic carbocycles. The molecule has 3 heteroatoms. The molecule has 0 spiro atoms. The molecule has 1 aliphatic heterocycles. The largest absolute Gasteiger partial charge is 0.393 e. The van der Waals surface area contributed by atoms with Crippen molar-refractivity contribution in [3.63, 3.8) is 0 Å². The van der Waals surface area contributed by atoms with E-state index >= 15 is 0 Å². The monoisotopic (exact) mass is 295 g/mol. The van der Waals surface area contributed by atoms with E-state index in [4.69, 9.17) is 0 Å². The maximum Gasteiger partial charge on any atom is 0.0583 e.